The minimum absolute atomic E-state index is 0.0365. The van der Waals surface area contributed by atoms with Gasteiger partial charge in [-0.3, -0.25) is 10.1 Å². The topological polar surface area (TPSA) is 70.7 Å². The van der Waals surface area contributed by atoms with Crippen LogP contribution >= 0.6 is 0 Å². The average Bonchev–Trinajstić information content (AvgIpc) is 3.13. The van der Waals surface area contributed by atoms with Crippen molar-refractivity contribution in [1.29, 1.82) is 5.26 Å². The summed E-state index contributed by atoms with van der Waals surface area (Å²) in [6.07, 6.45) is 6.43. The minimum Gasteiger partial charge on any atom is -0.305 e. The molecule has 1 fully saturated rings. The highest BCUT2D eigenvalue weighted by Gasteiger charge is 2.27. The maximum absolute atomic E-state index is 12.9. The fraction of sp³-hybridized carbons (Fsp3) is 0.476. The molecule has 2 atom stereocenters. The van der Waals surface area contributed by atoms with Gasteiger partial charge < -0.3 is 4.57 Å². The second-order valence-electron chi connectivity index (χ2n) is 7.01. The quantitative estimate of drug-likeness (QED) is 0.796. The highest BCUT2D eigenvalue weighted by molar-refractivity contribution is 5.95. The first-order valence-corrected chi connectivity index (χ1v) is 9.46. The van der Waals surface area contributed by atoms with E-state index < -0.39 is 0 Å². The molecular formula is C21H26N4O. The van der Waals surface area contributed by atoms with Gasteiger partial charge >= 0.3 is 0 Å². The monoisotopic (exact) mass is 350 g/mol. The van der Waals surface area contributed by atoms with Crippen LogP contribution in [0.3, 0.4) is 0 Å². The Balaban J connectivity index is 2.02. The van der Waals surface area contributed by atoms with Crippen molar-refractivity contribution >= 4 is 5.78 Å². The maximum Gasteiger partial charge on any atom is 0.201 e. The molecule has 0 bridgehead atoms. The van der Waals surface area contributed by atoms with Crippen molar-refractivity contribution in [3.05, 3.63) is 41.9 Å². The summed E-state index contributed by atoms with van der Waals surface area (Å²) in [5.74, 6) is 0.618. The van der Waals surface area contributed by atoms with Crippen LogP contribution in [0, 0.1) is 17.2 Å². The zero-order valence-electron chi connectivity index (χ0n) is 15.5. The fourth-order valence-corrected chi connectivity index (χ4v) is 3.42. The van der Waals surface area contributed by atoms with Crippen LogP contribution in [0.1, 0.15) is 61.9 Å². The molecule has 1 aliphatic heterocycles. The lowest BCUT2D eigenvalue weighted by atomic mass is 10.0. The Morgan fingerprint density at radius 1 is 1.38 bits per heavy atom. The van der Waals surface area contributed by atoms with Crippen molar-refractivity contribution in [3.63, 3.8) is 0 Å². The van der Waals surface area contributed by atoms with E-state index in [0.717, 1.165) is 49.0 Å². The molecule has 1 aliphatic rings. The third kappa shape index (κ3) is 3.71. The molecule has 0 saturated carbocycles. The molecule has 3 rings (SSSR count). The number of hydrogen-bond acceptors (Lipinski definition) is 4. The van der Waals surface area contributed by atoms with E-state index in [9.17, 15) is 4.79 Å². The van der Waals surface area contributed by atoms with Crippen LogP contribution in [0.15, 0.2) is 30.5 Å². The third-order valence-electron chi connectivity index (χ3n) is 5.21. The molecule has 2 heterocycles. The van der Waals surface area contributed by atoms with E-state index >= 15 is 0 Å². The van der Waals surface area contributed by atoms with Gasteiger partial charge in [0.05, 0.1) is 30.5 Å². The zero-order valence-corrected chi connectivity index (χ0v) is 15.5. The molecule has 0 spiro atoms. The van der Waals surface area contributed by atoms with Gasteiger partial charge in [-0.25, -0.2) is 4.98 Å². The van der Waals surface area contributed by atoms with Crippen LogP contribution in [-0.4, -0.2) is 21.9 Å². The largest absolute Gasteiger partial charge is 0.305 e. The lowest BCUT2D eigenvalue weighted by Crippen LogP contribution is -2.34. The Labute approximate surface area is 155 Å². The molecule has 0 radical (unpaired) electrons. The van der Waals surface area contributed by atoms with E-state index in [1.54, 1.807) is 0 Å². The van der Waals surface area contributed by atoms with Gasteiger partial charge in [-0.15, -0.1) is 0 Å². The highest BCUT2D eigenvalue weighted by atomic mass is 16.1. The summed E-state index contributed by atoms with van der Waals surface area (Å²) in [4.78, 5) is 17.4. The number of hydrogen-bond donors (Lipinski definition) is 1. The number of nitrogens with zero attached hydrogens (tertiary/aromatic N) is 3. The van der Waals surface area contributed by atoms with Crippen molar-refractivity contribution < 1.29 is 4.79 Å². The molecular weight excluding hydrogens is 324 g/mol. The number of Topliss-reactive ketones (excluding diaryl/α,β-unsaturated/α-hetero) is 1. The van der Waals surface area contributed by atoms with Crippen molar-refractivity contribution in [2.75, 3.05) is 6.54 Å². The van der Waals surface area contributed by atoms with E-state index in [4.69, 9.17) is 5.26 Å². The number of carbonyl (C=O) groups excluding carboxylic acids is 1. The highest BCUT2D eigenvalue weighted by Crippen LogP contribution is 2.29. The maximum atomic E-state index is 12.9. The van der Waals surface area contributed by atoms with Crippen LogP contribution in [0.5, 0.6) is 0 Å². The predicted octanol–water partition coefficient (Wildman–Crippen LogP) is 4.12. The number of nitrogens with one attached hydrogen (secondary N) is 1. The van der Waals surface area contributed by atoms with Gasteiger partial charge in [0, 0.05) is 5.92 Å². The Morgan fingerprint density at radius 3 is 2.77 bits per heavy atom. The summed E-state index contributed by atoms with van der Waals surface area (Å²) in [5.41, 5.74) is 2.98. The lowest BCUT2D eigenvalue weighted by molar-refractivity contribution is 0.0907. The van der Waals surface area contributed by atoms with Crippen molar-refractivity contribution in [3.8, 4) is 17.3 Å². The van der Waals surface area contributed by atoms with E-state index in [0.29, 0.717) is 12.2 Å². The van der Waals surface area contributed by atoms with E-state index in [2.05, 4.69) is 20.9 Å². The summed E-state index contributed by atoms with van der Waals surface area (Å²) in [7, 11) is 0. The van der Waals surface area contributed by atoms with Crippen LogP contribution in [0.25, 0.3) is 11.3 Å². The first-order chi connectivity index (χ1) is 12.7. The van der Waals surface area contributed by atoms with Crippen LogP contribution in [0.2, 0.25) is 0 Å². The third-order valence-corrected chi connectivity index (χ3v) is 5.21. The molecule has 1 N–H and O–H groups in total. The summed E-state index contributed by atoms with van der Waals surface area (Å²) in [5, 5.41) is 12.4. The molecule has 26 heavy (non-hydrogen) atoms. The van der Waals surface area contributed by atoms with Gasteiger partial charge in [0.1, 0.15) is 0 Å². The predicted molar refractivity (Wildman–Crippen MR) is 102 cm³/mol. The number of nitriles is 1. The summed E-state index contributed by atoms with van der Waals surface area (Å²) in [6.45, 7) is 4.95. The Morgan fingerprint density at radius 2 is 2.15 bits per heavy atom. The molecule has 2 aromatic rings. The first-order valence-electron chi connectivity index (χ1n) is 9.46. The standard InChI is InChI=1S/C21H26N4O/c1-3-15(2)20(26)21-24-14-18(25(21)19-6-4-5-13-23-19)17-9-7-16(8-10-17)11-12-22/h7-10,14-15,19,23H,3-6,11,13H2,1-2H3. The molecule has 1 aromatic heterocycles. The smallest absolute Gasteiger partial charge is 0.201 e. The number of rotatable bonds is 6. The van der Waals surface area contributed by atoms with Gasteiger partial charge in [0.25, 0.3) is 0 Å². The van der Waals surface area contributed by atoms with Crippen LogP contribution in [0.4, 0.5) is 0 Å². The fourth-order valence-electron chi connectivity index (χ4n) is 3.42. The molecule has 136 valence electrons. The second kappa shape index (κ2) is 8.29. The van der Waals surface area contributed by atoms with Gasteiger partial charge in [-0.2, -0.15) is 5.26 Å². The lowest BCUT2D eigenvalue weighted by Gasteiger charge is -2.28. The number of carbonyl (C=O) groups is 1. The number of ketones is 1. The molecule has 5 nitrogen and oxygen atoms in total. The summed E-state index contributed by atoms with van der Waals surface area (Å²) < 4.78 is 2.09. The number of imidazole rings is 1. The molecule has 1 aromatic carbocycles. The van der Waals surface area contributed by atoms with Crippen molar-refractivity contribution in [2.24, 2.45) is 5.92 Å². The Hall–Kier alpha value is -2.45. The van der Waals surface area contributed by atoms with Crippen molar-refractivity contribution in [2.45, 2.75) is 52.1 Å². The molecule has 0 aliphatic carbocycles. The van der Waals surface area contributed by atoms with E-state index in [-0.39, 0.29) is 17.9 Å². The first kappa shape index (κ1) is 18.3. The SMILES string of the molecule is CCC(C)C(=O)c1ncc(-c2ccc(CC#N)cc2)n1C1CCCCN1. The molecule has 1 saturated heterocycles. The van der Waals surface area contributed by atoms with Gasteiger partial charge in [0.2, 0.25) is 5.78 Å². The average molecular weight is 350 g/mol. The van der Waals surface area contributed by atoms with Crippen LogP contribution < -0.4 is 5.32 Å². The molecule has 2 unspecified atom stereocenters. The van der Waals surface area contributed by atoms with Crippen molar-refractivity contribution in [1.82, 2.24) is 14.9 Å². The molecule has 5 heteroatoms. The number of benzene rings is 1. The minimum atomic E-state index is -0.0365. The van der Waals surface area contributed by atoms with Gasteiger partial charge in [0.15, 0.2) is 5.82 Å². The molecule has 0 amide bonds. The number of piperidine rings is 1. The van der Waals surface area contributed by atoms with Gasteiger partial charge in [-0.05, 0) is 43.4 Å². The van der Waals surface area contributed by atoms with E-state index in [1.165, 1.54) is 0 Å². The van der Waals surface area contributed by atoms with Crippen LogP contribution in [-0.2, 0) is 6.42 Å². The number of aromatic nitrogens is 2. The van der Waals surface area contributed by atoms with Gasteiger partial charge in [-0.1, -0.05) is 38.1 Å². The van der Waals surface area contributed by atoms with E-state index in [1.807, 2.05) is 44.3 Å². The Bertz CT molecular complexity index is 794. The zero-order chi connectivity index (χ0) is 18.5. The second-order valence-corrected chi connectivity index (χ2v) is 7.01. The summed E-state index contributed by atoms with van der Waals surface area (Å²) >= 11 is 0. The normalized spacial score (nSPS) is 18.3. The Kier molecular flexibility index (Phi) is 5.85. The summed E-state index contributed by atoms with van der Waals surface area (Å²) in [6, 6.07) is 10.1.